The van der Waals surface area contributed by atoms with Crippen molar-refractivity contribution in [2.45, 2.75) is 0 Å². The van der Waals surface area contributed by atoms with Crippen LogP contribution in [0.1, 0.15) is 0 Å². The number of para-hydroxylation sites is 2. The van der Waals surface area contributed by atoms with E-state index in [1.807, 2.05) is 12.1 Å². The molecular formula is C22H15N3. The van der Waals surface area contributed by atoms with E-state index < -0.39 is 0 Å². The normalized spacial score (nSPS) is 11.2. The van der Waals surface area contributed by atoms with Crippen molar-refractivity contribution in [1.29, 1.82) is 0 Å². The lowest BCUT2D eigenvalue weighted by Gasteiger charge is -2.07. The molecule has 5 aromatic rings. The minimum Gasteiger partial charge on any atom is -0.309 e. The maximum atomic E-state index is 4.38. The SMILES string of the molecule is c1ccc(-n2c3ccccc3c3cc(-c4ncccn4)ccc32)cc1. The molecule has 3 nitrogen and oxygen atoms in total. The minimum atomic E-state index is 0.751. The first kappa shape index (κ1) is 13.9. The molecular weight excluding hydrogens is 306 g/mol. The second-order valence-corrected chi connectivity index (χ2v) is 5.99. The van der Waals surface area contributed by atoms with Crippen molar-refractivity contribution in [3.63, 3.8) is 0 Å². The first-order valence-corrected chi connectivity index (χ1v) is 8.28. The molecule has 0 atom stereocenters. The Morgan fingerprint density at radius 3 is 2.16 bits per heavy atom. The van der Waals surface area contributed by atoms with Crippen molar-refractivity contribution in [3.8, 4) is 17.1 Å². The van der Waals surface area contributed by atoms with Gasteiger partial charge in [0, 0.05) is 34.4 Å². The van der Waals surface area contributed by atoms with E-state index in [0.717, 1.165) is 17.1 Å². The molecule has 0 bridgehead atoms. The summed E-state index contributed by atoms with van der Waals surface area (Å²) in [6.07, 6.45) is 3.56. The molecule has 0 spiro atoms. The Hall–Kier alpha value is -3.46. The molecule has 3 aromatic carbocycles. The van der Waals surface area contributed by atoms with E-state index in [-0.39, 0.29) is 0 Å². The van der Waals surface area contributed by atoms with Gasteiger partial charge in [0.1, 0.15) is 0 Å². The van der Waals surface area contributed by atoms with Crippen LogP contribution < -0.4 is 0 Å². The Balaban J connectivity index is 1.86. The number of rotatable bonds is 2. The van der Waals surface area contributed by atoms with Gasteiger partial charge in [-0.15, -0.1) is 0 Å². The predicted octanol–water partition coefficient (Wildman–Crippen LogP) is 5.24. The Labute approximate surface area is 145 Å². The monoisotopic (exact) mass is 321 g/mol. The van der Waals surface area contributed by atoms with E-state index in [1.165, 1.54) is 21.8 Å². The highest BCUT2D eigenvalue weighted by Crippen LogP contribution is 2.33. The van der Waals surface area contributed by atoms with Crippen LogP contribution in [0.25, 0.3) is 38.9 Å². The summed E-state index contributed by atoms with van der Waals surface area (Å²) in [5, 5.41) is 2.45. The molecule has 2 aromatic heterocycles. The van der Waals surface area contributed by atoms with E-state index in [2.05, 4.69) is 81.3 Å². The van der Waals surface area contributed by atoms with Crippen LogP contribution in [0.4, 0.5) is 0 Å². The number of hydrogen-bond acceptors (Lipinski definition) is 2. The van der Waals surface area contributed by atoms with Crippen molar-refractivity contribution >= 4 is 21.8 Å². The van der Waals surface area contributed by atoms with E-state index in [1.54, 1.807) is 12.4 Å². The largest absolute Gasteiger partial charge is 0.309 e. The molecule has 0 radical (unpaired) electrons. The number of hydrogen-bond donors (Lipinski definition) is 0. The molecule has 0 saturated heterocycles. The zero-order chi connectivity index (χ0) is 16.6. The molecule has 0 N–H and O–H groups in total. The van der Waals surface area contributed by atoms with Crippen LogP contribution in [-0.4, -0.2) is 14.5 Å². The maximum Gasteiger partial charge on any atom is 0.159 e. The fourth-order valence-corrected chi connectivity index (χ4v) is 3.42. The molecule has 25 heavy (non-hydrogen) atoms. The third-order valence-corrected chi connectivity index (χ3v) is 4.51. The molecule has 0 aliphatic heterocycles. The second kappa shape index (κ2) is 5.56. The van der Waals surface area contributed by atoms with Crippen LogP contribution in [0.2, 0.25) is 0 Å². The Morgan fingerprint density at radius 1 is 0.600 bits per heavy atom. The number of fused-ring (bicyclic) bond motifs is 3. The fourth-order valence-electron chi connectivity index (χ4n) is 3.42. The summed E-state index contributed by atoms with van der Waals surface area (Å²) < 4.78 is 2.31. The molecule has 2 heterocycles. The lowest BCUT2D eigenvalue weighted by Crippen LogP contribution is -1.93. The summed E-state index contributed by atoms with van der Waals surface area (Å²) in [5.41, 5.74) is 4.59. The van der Waals surface area contributed by atoms with Gasteiger partial charge in [0.2, 0.25) is 0 Å². The highest BCUT2D eigenvalue weighted by Gasteiger charge is 2.13. The van der Waals surface area contributed by atoms with Crippen LogP contribution in [0.15, 0.2) is 91.3 Å². The van der Waals surface area contributed by atoms with Crippen LogP contribution in [0.5, 0.6) is 0 Å². The smallest absolute Gasteiger partial charge is 0.159 e. The van der Waals surface area contributed by atoms with Crippen LogP contribution in [0, 0.1) is 0 Å². The molecule has 0 aliphatic carbocycles. The Bertz CT molecular complexity index is 1180. The van der Waals surface area contributed by atoms with Gasteiger partial charge in [-0.25, -0.2) is 9.97 Å². The van der Waals surface area contributed by atoms with Gasteiger partial charge in [-0.2, -0.15) is 0 Å². The summed E-state index contributed by atoms with van der Waals surface area (Å²) in [5.74, 6) is 0.751. The van der Waals surface area contributed by atoms with Gasteiger partial charge in [0.15, 0.2) is 5.82 Å². The first-order chi connectivity index (χ1) is 12.4. The topological polar surface area (TPSA) is 30.7 Å². The molecule has 0 unspecified atom stereocenters. The standard InChI is InChI=1S/C22H15N3/c1-2-7-17(8-3-1)25-20-10-5-4-9-18(20)19-15-16(11-12-21(19)25)22-23-13-6-14-24-22/h1-15H. The van der Waals surface area contributed by atoms with Gasteiger partial charge >= 0.3 is 0 Å². The summed E-state index contributed by atoms with van der Waals surface area (Å²) >= 11 is 0. The molecule has 5 rings (SSSR count). The molecule has 0 saturated carbocycles. The molecule has 0 fully saturated rings. The van der Waals surface area contributed by atoms with Crippen molar-refractivity contribution in [3.05, 3.63) is 91.3 Å². The van der Waals surface area contributed by atoms with Crippen molar-refractivity contribution in [2.75, 3.05) is 0 Å². The minimum absolute atomic E-state index is 0.751. The molecule has 3 heteroatoms. The quantitative estimate of drug-likeness (QED) is 0.445. The summed E-state index contributed by atoms with van der Waals surface area (Å²) in [4.78, 5) is 8.77. The molecule has 0 aliphatic rings. The average Bonchev–Trinajstić information content (AvgIpc) is 3.03. The molecule has 118 valence electrons. The third-order valence-electron chi connectivity index (χ3n) is 4.51. The van der Waals surface area contributed by atoms with Crippen LogP contribution in [-0.2, 0) is 0 Å². The first-order valence-electron chi connectivity index (χ1n) is 8.28. The van der Waals surface area contributed by atoms with Gasteiger partial charge in [-0.3, -0.25) is 0 Å². The lowest BCUT2D eigenvalue weighted by molar-refractivity contribution is 1.17. The van der Waals surface area contributed by atoms with E-state index in [4.69, 9.17) is 0 Å². The maximum absolute atomic E-state index is 4.38. The van der Waals surface area contributed by atoms with Crippen molar-refractivity contribution < 1.29 is 0 Å². The number of aromatic nitrogens is 3. The lowest BCUT2D eigenvalue weighted by atomic mass is 10.1. The van der Waals surface area contributed by atoms with E-state index >= 15 is 0 Å². The highest BCUT2D eigenvalue weighted by atomic mass is 15.0. The highest BCUT2D eigenvalue weighted by molar-refractivity contribution is 6.10. The van der Waals surface area contributed by atoms with Gasteiger partial charge in [0.25, 0.3) is 0 Å². The van der Waals surface area contributed by atoms with E-state index in [0.29, 0.717) is 0 Å². The Kier molecular flexibility index (Phi) is 3.10. The van der Waals surface area contributed by atoms with Crippen molar-refractivity contribution in [1.82, 2.24) is 14.5 Å². The average molecular weight is 321 g/mol. The number of benzene rings is 3. The zero-order valence-electron chi connectivity index (χ0n) is 13.5. The van der Waals surface area contributed by atoms with Gasteiger partial charge in [-0.1, -0.05) is 36.4 Å². The molecule has 0 amide bonds. The van der Waals surface area contributed by atoms with Gasteiger partial charge in [-0.05, 0) is 42.5 Å². The second-order valence-electron chi connectivity index (χ2n) is 5.99. The third kappa shape index (κ3) is 2.21. The van der Waals surface area contributed by atoms with Crippen molar-refractivity contribution in [2.24, 2.45) is 0 Å². The van der Waals surface area contributed by atoms with Crippen LogP contribution >= 0.6 is 0 Å². The summed E-state index contributed by atoms with van der Waals surface area (Å²) in [6, 6.07) is 27.3. The Morgan fingerprint density at radius 2 is 1.32 bits per heavy atom. The van der Waals surface area contributed by atoms with Gasteiger partial charge < -0.3 is 4.57 Å². The summed E-state index contributed by atoms with van der Waals surface area (Å²) in [7, 11) is 0. The number of nitrogens with zero attached hydrogens (tertiary/aromatic N) is 3. The zero-order valence-corrected chi connectivity index (χ0v) is 13.5. The summed E-state index contributed by atoms with van der Waals surface area (Å²) in [6.45, 7) is 0. The fraction of sp³-hybridized carbons (Fsp3) is 0. The van der Waals surface area contributed by atoms with Crippen LogP contribution in [0.3, 0.4) is 0 Å². The van der Waals surface area contributed by atoms with Gasteiger partial charge in [0.05, 0.1) is 11.0 Å². The predicted molar refractivity (Wildman–Crippen MR) is 102 cm³/mol. The van der Waals surface area contributed by atoms with E-state index in [9.17, 15) is 0 Å².